The molecule has 6 heteroatoms. The molecular weight excluding hydrogens is 208 g/mol. The van der Waals surface area contributed by atoms with Gasteiger partial charge in [-0.15, -0.1) is 0 Å². The highest BCUT2D eigenvalue weighted by Gasteiger charge is 2.30. The van der Waals surface area contributed by atoms with Crippen LogP contribution in [-0.4, -0.2) is 15.0 Å². The van der Waals surface area contributed by atoms with Crippen LogP contribution < -0.4 is 0 Å². The normalized spacial score (nSPS) is 12.0. The van der Waals surface area contributed by atoms with Gasteiger partial charge in [-0.3, -0.25) is 0 Å². The van der Waals surface area contributed by atoms with Gasteiger partial charge in [-0.2, -0.15) is 23.8 Å². The van der Waals surface area contributed by atoms with E-state index in [1.54, 1.807) is 0 Å². The van der Waals surface area contributed by atoms with Crippen LogP contribution >= 0.6 is 15.9 Å². The molecule has 0 unspecified atom stereocenters. The molecule has 0 fully saturated rings. The van der Waals surface area contributed by atoms with Crippen LogP contribution in [0.5, 0.6) is 0 Å². The molecule has 0 saturated heterocycles. The van der Waals surface area contributed by atoms with Gasteiger partial charge >= 0.3 is 4.83 Å². The smallest absolute Gasteiger partial charge is 0.187 e. The molecule has 1 radical (unpaired) electrons. The molecule has 0 N–H and O–H groups in total. The Balaban J connectivity index is 2.96. The summed E-state index contributed by atoms with van der Waals surface area (Å²) in [6.45, 7) is 0. The average molecular weight is 211 g/mol. The van der Waals surface area contributed by atoms with Crippen molar-refractivity contribution in [3.63, 3.8) is 0 Å². The minimum Gasteiger partial charge on any atom is -0.187 e. The van der Waals surface area contributed by atoms with Crippen LogP contribution in [0.4, 0.5) is 8.78 Å². The first kappa shape index (κ1) is 7.59. The fourth-order valence-corrected chi connectivity index (χ4v) is 0.597. The number of alkyl halides is 3. The van der Waals surface area contributed by atoms with Crippen molar-refractivity contribution in [2.75, 3.05) is 0 Å². The Morgan fingerprint density at radius 2 is 2.30 bits per heavy atom. The van der Waals surface area contributed by atoms with Gasteiger partial charge in [0.05, 0.1) is 0 Å². The molecule has 55 valence electrons. The van der Waals surface area contributed by atoms with Gasteiger partial charge in [0.25, 0.3) is 0 Å². The highest BCUT2D eigenvalue weighted by atomic mass is 79.9. The Labute approximate surface area is 64.2 Å². The second kappa shape index (κ2) is 2.26. The number of halogens is 3. The Morgan fingerprint density at radius 3 is 2.50 bits per heavy atom. The Bertz CT molecular complexity index is 229. The lowest BCUT2D eigenvalue weighted by atomic mass is 10.5. The summed E-state index contributed by atoms with van der Waals surface area (Å²) in [5.74, 6) is 0. The van der Waals surface area contributed by atoms with Crippen LogP contribution in [0.3, 0.4) is 0 Å². The van der Waals surface area contributed by atoms with Gasteiger partial charge in [-0.1, -0.05) is 0 Å². The lowest BCUT2D eigenvalue weighted by Crippen LogP contribution is -2.04. The van der Waals surface area contributed by atoms with E-state index in [1.807, 2.05) is 0 Å². The molecule has 1 aromatic heterocycles. The van der Waals surface area contributed by atoms with Crippen LogP contribution in [0.25, 0.3) is 0 Å². The molecule has 0 aromatic carbocycles. The Hall–Kier alpha value is -0.520. The van der Waals surface area contributed by atoms with Crippen molar-refractivity contribution in [3.8, 4) is 0 Å². The first-order valence-corrected chi connectivity index (χ1v) is 3.15. The molecule has 0 aliphatic carbocycles. The zero-order valence-electron chi connectivity index (χ0n) is 4.98. The van der Waals surface area contributed by atoms with E-state index in [2.05, 4.69) is 32.3 Å². The third-order valence-electron chi connectivity index (χ3n) is 0.814. The average Bonchev–Trinajstić information content (AvgIpc) is 2.11. The largest absolute Gasteiger partial charge is 0.347 e. The van der Waals surface area contributed by atoms with Crippen LogP contribution in [0.1, 0.15) is 5.69 Å². The second-order valence-electron chi connectivity index (χ2n) is 1.65. The van der Waals surface area contributed by atoms with E-state index in [1.165, 1.54) is 7.05 Å². The van der Waals surface area contributed by atoms with Gasteiger partial charge < -0.3 is 0 Å². The maximum absolute atomic E-state index is 12.2. The van der Waals surface area contributed by atoms with E-state index < -0.39 is 10.5 Å². The predicted molar refractivity (Wildman–Crippen MR) is 32.7 cm³/mol. The summed E-state index contributed by atoms with van der Waals surface area (Å²) in [5.41, 5.74) is -0.505. The van der Waals surface area contributed by atoms with E-state index in [-0.39, 0.29) is 0 Å². The molecule has 0 aliphatic heterocycles. The molecule has 0 saturated carbocycles. The third kappa shape index (κ3) is 1.50. The van der Waals surface area contributed by atoms with E-state index in [9.17, 15) is 8.78 Å². The molecule has 1 aromatic rings. The van der Waals surface area contributed by atoms with Crippen molar-refractivity contribution < 1.29 is 8.78 Å². The van der Waals surface area contributed by atoms with Gasteiger partial charge in [0.1, 0.15) is 6.20 Å². The molecule has 0 atom stereocenters. The van der Waals surface area contributed by atoms with E-state index in [0.29, 0.717) is 0 Å². The number of hydrogen-bond donors (Lipinski definition) is 0. The summed E-state index contributed by atoms with van der Waals surface area (Å²) >= 11 is 2.12. The molecule has 3 nitrogen and oxygen atoms in total. The summed E-state index contributed by atoms with van der Waals surface area (Å²) in [6.07, 6.45) is 2.05. The van der Waals surface area contributed by atoms with Crippen molar-refractivity contribution >= 4 is 15.9 Å². The summed E-state index contributed by atoms with van der Waals surface area (Å²) in [7, 11) is 1.44. The Morgan fingerprint density at radius 1 is 1.70 bits per heavy atom. The van der Waals surface area contributed by atoms with Crippen molar-refractivity contribution in [2.24, 2.45) is 7.05 Å². The van der Waals surface area contributed by atoms with Crippen molar-refractivity contribution in [1.29, 1.82) is 0 Å². The second-order valence-corrected chi connectivity index (χ2v) is 2.64. The summed E-state index contributed by atoms with van der Waals surface area (Å²) in [5, 5.41) is 6.69. The van der Waals surface area contributed by atoms with Gasteiger partial charge in [0.2, 0.25) is 0 Å². The Kier molecular flexibility index (Phi) is 1.72. The lowest BCUT2D eigenvalue weighted by molar-refractivity contribution is 0.108. The minimum atomic E-state index is -3.12. The highest BCUT2D eigenvalue weighted by molar-refractivity contribution is 9.09. The SMILES string of the molecule is Cn1n[c]c(C(F)(F)Br)n1. The highest BCUT2D eigenvalue weighted by Crippen LogP contribution is 2.31. The molecular formula is C4H3BrF2N3. The van der Waals surface area contributed by atoms with Gasteiger partial charge in [0.15, 0.2) is 5.69 Å². The van der Waals surface area contributed by atoms with E-state index >= 15 is 0 Å². The van der Waals surface area contributed by atoms with Gasteiger partial charge in [-0.05, 0) is 15.9 Å². The van der Waals surface area contributed by atoms with Crippen LogP contribution in [0.2, 0.25) is 0 Å². The molecule has 1 heterocycles. The number of aryl methyl sites for hydroxylation is 1. The zero-order valence-corrected chi connectivity index (χ0v) is 6.56. The molecule has 10 heavy (non-hydrogen) atoms. The van der Waals surface area contributed by atoms with Crippen LogP contribution in [-0.2, 0) is 11.9 Å². The standard InChI is InChI=1S/C4H3BrF2N3/c1-10-8-2-3(9-10)4(5,6)7/h1H3. The summed E-state index contributed by atoms with van der Waals surface area (Å²) in [6, 6.07) is 0. The quantitative estimate of drug-likeness (QED) is 0.650. The first-order valence-electron chi connectivity index (χ1n) is 2.36. The van der Waals surface area contributed by atoms with E-state index in [0.717, 1.165) is 4.80 Å². The number of aromatic nitrogens is 3. The van der Waals surface area contributed by atoms with Crippen molar-refractivity contribution in [1.82, 2.24) is 15.0 Å². The minimum absolute atomic E-state index is 0.505. The molecule has 0 amide bonds. The van der Waals surface area contributed by atoms with E-state index in [4.69, 9.17) is 0 Å². The van der Waals surface area contributed by atoms with Crippen LogP contribution in [0, 0.1) is 6.20 Å². The first-order chi connectivity index (χ1) is 4.50. The lowest BCUT2D eigenvalue weighted by Gasteiger charge is -1.99. The maximum atomic E-state index is 12.2. The zero-order chi connectivity index (χ0) is 7.78. The predicted octanol–water partition coefficient (Wildman–Crippen LogP) is 1.06. The van der Waals surface area contributed by atoms with Crippen LogP contribution in [0.15, 0.2) is 0 Å². The van der Waals surface area contributed by atoms with Gasteiger partial charge in [0, 0.05) is 7.05 Å². The topological polar surface area (TPSA) is 30.7 Å². The molecule has 0 spiro atoms. The molecule has 1 rings (SSSR count). The fraction of sp³-hybridized carbons (Fsp3) is 0.500. The molecule has 0 aliphatic rings. The van der Waals surface area contributed by atoms with Gasteiger partial charge in [-0.25, -0.2) is 0 Å². The maximum Gasteiger partial charge on any atom is 0.347 e. The fourth-order valence-electron chi connectivity index (χ4n) is 0.429. The summed E-state index contributed by atoms with van der Waals surface area (Å²) in [4.78, 5) is -2.11. The van der Waals surface area contributed by atoms with Crippen molar-refractivity contribution in [2.45, 2.75) is 4.83 Å². The van der Waals surface area contributed by atoms with Crippen molar-refractivity contribution in [3.05, 3.63) is 11.9 Å². The summed E-state index contributed by atoms with van der Waals surface area (Å²) < 4.78 is 24.5. The number of hydrogen-bond acceptors (Lipinski definition) is 2. The number of nitrogens with zero attached hydrogens (tertiary/aromatic N) is 3. The third-order valence-corrected chi connectivity index (χ3v) is 1.19. The molecule has 0 bridgehead atoms. The monoisotopic (exact) mass is 210 g/mol. The number of rotatable bonds is 1.